The highest BCUT2D eigenvalue weighted by Crippen LogP contribution is 2.44. The van der Waals surface area contributed by atoms with Crippen LogP contribution in [-0.2, 0) is 11.3 Å². The van der Waals surface area contributed by atoms with Crippen LogP contribution >= 0.6 is 27.5 Å². The number of rotatable bonds is 5. The highest BCUT2D eigenvalue weighted by atomic mass is 79.9. The number of hydrazine groups is 1. The van der Waals surface area contributed by atoms with Crippen molar-refractivity contribution < 1.29 is 18.0 Å². The zero-order valence-electron chi connectivity index (χ0n) is 18.1. The molecule has 0 radical (unpaired) electrons. The first kappa shape index (κ1) is 23.9. The first-order chi connectivity index (χ1) is 15.5. The van der Waals surface area contributed by atoms with Crippen LogP contribution in [0.2, 0.25) is 5.02 Å². The quantitative estimate of drug-likeness (QED) is 0.436. The van der Waals surface area contributed by atoms with Crippen LogP contribution in [0.5, 0.6) is 0 Å². The summed E-state index contributed by atoms with van der Waals surface area (Å²) in [5.74, 6) is -2.50. The summed E-state index contributed by atoms with van der Waals surface area (Å²) in [5, 5.41) is 6.33. The largest absolute Gasteiger partial charge is 0.355 e. The van der Waals surface area contributed by atoms with E-state index in [4.69, 9.17) is 11.6 Å². The van der Waals surface area contributed by atoms with Crippen LogP contribution in [0.1, 0.15) is 32.3 Å². The van der Waals surface area contributed by atoms with E-state index in [-0.39, 0.29) is 33.3 Å². The summed E-state index contributed by atoms with van der Waals surface area (Å²) >= 11 is 8.79. The third-order valence-corrected chi connectivity index (χ3v) is 7.51. The molecule has 1 fully saturated rings. The summed E-state index contributed by atoms with van der Waals surface area (Å²) in [4.78, 5) is 13.7. The molecule has 1 atom stereocenters. The van der Waals surface area contributed by atoms with Crippen LogP contribution in [0.4, 0.5) is 18.9 Å². The van der Waals surface area contributed by atoms with Gasteiger partial charge in [0.1, 0.15) is 17.5 Å². The fourth-order valence-electron chi connectivity index (χ4n) is 4.59. The third-order valence-electron chi connectivity index (χ3n) is 6.46. The molecule has 0 aliphatic carbocycles. The number of benzene rings is 2. The van der Waals surface area contributed by atoms with Crippen molar-refractivity contribution in [3.63, 3.8) is 0 Å². The summed E-state index contributed by atoms with van der Waals surface area (Å²) in [6.45, 7) is 8.50. The van der Waals surface area contributed by atoms with Gasteiger partial charge in [-0.2, -0.15) is 0 Å². The lowest BCUT2D eigenvalue weighted by Crippen LogP contribution is -2.59. The number of nitrogens with zero attached hydrogens (tertiary/aromatic N) is 2. The molecule has 1 N–H and O–H groups in total. The van der Waals surface area contributed by atoms with Gasteiger partial charge in [-0.1, -0.05) is 30.3 Å². The van der Waals surface area contributed by atoms with Crippen LogP contribution < -0.4 is 5.32 Å². The molecule has 2 aromatic carbocycles. The number of hydrogen-bond donors (Lipinski definition) is 1. The second-order valence-electron chi connectivity index (χ2n) is 8.43. The van der Waals surface area contributed by atoms with E-state index < -0.39 is 23.0 Å². The first-order valence-corrected chi connectivity index (χ1v) is 11.6. The molecule has 1 unspecified atom stereocenters. The lowest BCUT2D eigenvalue weighted by molar-refractivity contribution is -0.156. The Bertz CT molecular complexity index is 1180. The van der Waals surface area contributed by atoms with Crippen molar-refractivity contribution in [3.8, 4) is 0 Å². The molecule has 9 heteroatoms. The average Bonchev–Trinajstić information content (AvgIpc) is 3.15. The number of anilines is 1. The van der Waals surface area contributed by atoms with Crippen LogP contribution in [-0.4, -0.2) is 28.0 Å². The van der Waals surface area contributed by atoms with Crippen molar-refractivity contribution in [1.82, 2.24) is 10.0 Å². The number of halogens is 5. The van der Waals surface area contributed by atoms with E-state index >= 15 is 0 Å². The van der Waals surface area contributed by atoms with Gasteiger partial charge in [0.25, 0.3) is 5.91 Å². The van der Waals surface area contributed by atoms with Crippen LogP contribution in [0.15, 0.2) is 58.2 Å². The summed E-state index contributed by atoms with van der Waals surface area (Å²) in [7, 11) is 0. The highest BCUT2D eigenvalue weighted by molar-refractivity contribution is 9.10. The minimum Gasteiger partial charge on any atom is -0.355 e. The Balaban J connectivity index is 1.72. The Labute approximate surface area is 203 Å². The van der Waals surface area contributed by atoms with E-state index in [1.807, 2.05) is 18.9 Å². The zero-order valence-corrected chi connectivity index (χ0v) is 20.5. The van der Waals surface area contributed by atoms with Crippen molar-refractivity contribution in [2.24, 2.45) is 0 Å². The zero-order chi connectivity index (χ0) is 24.1. The number of carbonyl (C=O) groups is 1. The van der Waals surface area contributed by atoms with Crippen molar-refractivity contribution in [1.29, 1.82) is 0 Å². The molecule has 2 heterocycles. The monoisotopic (exact) mass is 539 g/mol. The topological polar surface area (TPSA) is 35.6 Å². The van der Waals surface area contributed by atoms with Crippen molar-refractivity contribution in [2.45, 2.75) is 38.8 Å². The molecular formula is C24H22BrClF3N3O. The minimum atomic E-state index is -0.780. The van der Waals surface area contributed by atoms with E-state index in [0.717, 1.165) is 30.5 Å². The molecule has 4 nitrogen and oxygen atoms in total. The molecule has 33 heavy (non-hydrogen) atoms. The maximum absolute atomic E-state index is 14.6. The Hall–Kier alpha value is -2.29. The fourth-order valence-corrected chi connectivity index (χ4v) is 5.02. The number of fused-ring (bicyclic) bond motifs is 1. The van der Waals surface area contributed by atoms with Gasteiger partial charge in [0.15, 0.2) is 0 Å². The molecule has 174 valence electrons. The third kappa shape index (κ3) is 4.09. The Kier molecular flexibility index (Phi) is 6.37. The average molecular weight is 541 g/mol. The lowest BCUT2D eigenvalue weighted by Gasteiger charge is -2.48. The maximum atomic E-state index is 14.6. The highest BCUT2D eigenvalue weighted by Gasteiger charge is 2.49. The number of hydrogen-bond acceptors (Lipinski definition) is 3. The SMILES string of the molecule is C=C(Nc1cc(F)c(Br)c(F)c1)C1=C(C)C2(C)CCCN2N(Cc2cccc(Cl)c2F)C1=O. The second kappa shape index (κ2) is 8.81. The van der Waals surface area contributed by atoms with E-state index in [2.05, 4.69) is 27.8 Å². The summed E-state index contributed by atoms with van der Waals surface area (Å²) < 4.78 is 42.4. The Morgan fingerprint density at radius 1 is 1.27 bits per heavy atom. The molecule has 1 amide bonds. The van der Waals surface area contributed by atoms with Crippen molar-refractivity contribution >= 4 is 39.1 Å². The van der Waals surface area contributed by atoms with Crippen LogP contribution in [0.25, 0.3) is 0 Å². The summed E-state index contributed by atoms with van der Waals surface area (Å²) in [6, 6.07) is 6.91. The molecule has 1 saturated heterocycles. The number of amides is 1. The van der Waals surface area contributed by atoms with E-state index in [1.165, 1.54) is 11.1 Å². The van der Waals surface area contributed by atoms with E-state index in [1.54, 1.807) is 12.1 Å². The van der Waals surface area contributed by atoms with Gasteiger partial charge in [0, 0.05) is 23.5 Å². The molecule has 2 aliphatic heterocycles. The van der Waals surface area contributed by atoms with Gasteiger partial charge in [-0.3, -0.25) is 9.80 Å². The van der Waals surface area contributed by atoms with Gasteiger partial charge in [0.2, 0.25) is 0 Å². The molecule has 2 aliphatic rings. The van der Waals surface area contributed by atoms with Gasteiger partial charge < -0.3 is 5.32 Å². The molecule has 0 aromatic heterocycles. The van der Waals surface area contributed by atoms with Gasteiger partial charge >= 0.3 is 0 Å². The predicted octanol–water partition coefficient (Wildman–Crippen LogP) is 6.57. The Morgan fingerprint density at radius 2 is 1.94 bits per heavy atom. The van der Waals surface area contributed by atoms with E-state index in [9.17, 15) is 18.0 Å². The lowest BCUT2D eigenvalue weighted by atomic mass is 9.84. The maximum Gasteiger partial charge on any atom is 0.270 e. The molecule has 0 saturated carbocycles. The molecule has 4 rings (SSSR count). The van der Waals surface area contributed by atoms with Gasteiger partial charge in [0.05, 0.1) is 27.2 Å². The minimum absolute atomic E-state index is 0.00752. The van der Waals surface area contributed by atoms with Gasteiger partial charge in [-0.15, -0.1) is 0 Å². The predicted molar refractivity (Wildman–Crippen MR) is 126 cm³/mol. The molecule has 0 spiro atoms. The molecule has 2 aromatic rings. The number of nitrogens with one attached hydrogen (secondary N) is 1. The van der Waals surface area contributed by atoms with Gasteiger partial charge in [-0.25, -0.2) is 18.2 Å². The Morgan fingerprint density at radius 3 is 2.61 bits per heavy atom. The summed E-state index contributed by atoms with van der Waals surface area (Å²) in [5.41, 5.74) is 1.24. The second-order valence-corrected chi connectivity index (χ2v) is 9.63. The van der Waals surface area contributed by atoms with Crippen LogP contribution in [0, 0.1) is 17.5 Å². The first-order valence-electron chi connectivity index (χ1n) is 10.4. The van der Waals surface area contributed by atoms with E-state index in [0.29, 0.717) is 17.7 Å². The molecular weight excluding hydrogens is 519 g/mol. The molecule has 0 bridgehead atoms. The smallest absolute Gasteiger partial charge is 0.270 e. The van der Waals surface area contributed by atoms with Crippen molar-refractivity contribution in [3.05, 3.63) is 86.3 Å². The number of carbonyl (C=O) groups excluding carboxylic acids is 1. The van der Waals surface area contributed by atoms with Gasteiger partial charge in [-0.05, 0) is 66.4 Å². The summed E-state index contributed by atoms with van der Waals surface area (Å²) in [6.07, 6.45) is 1.64. The van der Waals surface area contributed by atoms with Crippen molar-refractivity contribution in [2.75, 3.05) is 11.9 Å². The van der Waals surface area contributed by atoms with Crippen LogP contribution in [0.3, 0.4) is 0 Å². The fraction of sp³-hybridized carbons (Fsp3) is 0.292. The standard InChI is InChI=1S/C24H22BrClF3N3O/c1-13-20(14(2)30-16-10-18(27)21(25)19(28)11-16)23(33)31(32-9-5-8-24(13,32)3)12-15-6-4-7-17(26)22(15)29/h4,6-7,10-11,30H,2,5,8-9,12H2,1,3H3. The normalized spacial score (nSPS) is 20.9.